The third-order valence-electron chi connectivity index (χ3n) is 2.89. The Kier molecular flexibility index (Phi) is 2.88. The Hall–Kier alpha value is -1.83. The predicted molar refractivity (Wildman–Crippen MR) is 62.0 cm³/mol. The van der Waals surface area contributed by atoms with E-state index in [1.165, 1.54) is 6.07 Å². The van der Waals surface area contributed by atoms with E-state index in [0.717, 1.165) is 0 Å². The second-order valence-corrected chi connectivity index (χ2v) is 4.27. The quantitative estimate of drug-likeness (QED) is 0.763. The van der Waals surface area contributed by atoms with Crippen LogP contribution in [0.5, 0.6) is 0 Å². The smallest absolute Gasteiger partial charge is 0.265 e. The molecule has 1 aliphatic rings. The molecule has 0 amide bonds. The van der Waals surface area contributed by atoms with E-state index < -0.39 is 5.92 Å². The summed E-state index contributed by atoms with van der Waals surface area (Å²) in [7, 11) is 0. The van der Waals surface area contributed by atoms with Crippen LogP contribution < -0.4 is 10.6 Å². The third kappa shape index (κ3) is 2.47. The topological polar surface area (TPSA) is 53.0 Å². The van der Waals surface area contributed by atoms with Gasteiger partial charge in [0.15, 0.2) is 0 Å². The average molecular weight is 237 g/mol. The van der Waals surface area contributed by atoms with Crippen LogP contribution in [0.1, 0.15) is 18.4 Å². The lowest BCUT2D eigenvalue weighted by Gasteiger charge is -2.34. The lowest BCUT2D eigenvalue weighted by atomic mass is 10.1. The molecule has 5 heteroatoms. The zero-order valence-corrected chi connectivity index (χ0v) is 9.29. The molecule has 1 aromatic rings. The van der Waals surface area contributed by atoms with Crippen molar-refractivity contribution in [1.82, 2.24) is 0 Å². The third-order valence-corrected chi connectivity index (χ3v) is 2.89. The normalized spacial score (nSPS) is 18.8. The van der Waals surface area contributed by atoms with Crippen LogP contribution in [0.2, 0.25) is 0 Å². The molecule has 3 nitrogen and oxygen atoms in total. The minimum absolute atomic E-state index is 0.0698. The molecule has 17 heavy (non-hydrogen) atoms. The van der Waals surface area contributed by atoms with Crippen molar-refractivity contribution in [2.45, 2.75) is 18.8 Å². The molecule has 0 spiro atoms. The Balaban J connectivity index is 2.26. The number of anilines is 2. The summed E-state index contributed by atoms with van der Waals surface area (Å²) in [5, 5.41) is 8.71. The zero-order valence-electron chi connectivity index (χ0n) is 9.29. The largest absolute Gasteiger partial charge is 0.397 e. The van der Waals surface area contributed by atoms with Crippen LogP contribution in [-0.2, 0) is 0 Å². The van der Waals surface area contributed by atoms with Gasteiger partial charge in [-0.3, -0.25) is 0 Å². The van der Waals surface area contributed by atoms with E-state index in [9.17, 15) is 8.78 Å². The van der Waals surface area contributed by atoms with Gasteiger partial charge < -0.3 is 10.6 Å². The molecule has 1 fully saturated rings. The van der Waals surface area contributed by atoms with Crippen LogP contribution in [0.3, 0.4) is 0 Å². The first-order valence-electron chi connectivity index (χ1n) is 5.44. The molecule has 90 valence electrons. The van der Waals surface area contributed by atoms with Crippen molar-refractivity contribution >= 4 is 11.4 Å². The van der Waals surface area contributed by atoms with Gasteiger partial charge in [-0.05, 0) is 24.6 Å². The second-order valence-electron chi connectivity index (χ2n) is 4.27. The number of hydrogen-bond donors (Lipinski definition) is 1. The molecule has 1 aromatic carbocycles. The number of piperidine rings is 1. The molecule has 0 unspecified atom stereocenters. The van der Waals surface area contributed by atoms with Gasteiger partial charge in [0, 0.05) is 13.0 Å². The van der Waals surface area contributed by atoms with Crippen LogP contribution in [0.25, 0.3) is 0 Å². The monoisotopic (exact) mass is 237 g/mol. The van der Waals surface area contributed by atoms with Gasteiger partial charge in [0.1, 0.15) is 0 Å². The molecule has 1 saturated heterocycles. The predicted octanol–water partition coefficient (Wildman–Crippen LogP) is 2.38. The number of nitriles is 1. The van der Waals surface area contributed by atoms with Crippen LogP contribution in [0.4, 0.5) is 20.2 Å². The minimum atomic E-state index is -2.65. The van der Waals surface area contributed by atoms with Crippen molar-refractivity contribution in [2.24, 2.45) is 0 Å². The number of nitrogens with two attached hydrogens (primary N) is 1. The first-order chi connectivity index (χ1) is 8.02. The number of alkyl halides is 2. The van der Waals surface area contributed by atoms with Crippen LogP contribution in [0.15, 0.2) is 18.2 Å². The highest BCUT2D eigenvalue weighted by atomic mass is 19.3. The summed E-state index contributed by atoms with van der Waals surface area (Å²) in [6, 6.07) is 6.71. The molecule has 2 N–H and O–H groups in total. The molecular weight excluding hydrogens is 224 g/mol. The van der Waals surface area contributed by atoms with E-state index in [1.54, 1.807) is 17.0 Å². The molecule has 1 aliphatic heterocycles. The summed E-state index contributed by atoms with van der Waals surface area (Å²) in [4.78, 5) is 1.58. The maximum atomic E-state index is 13.3. The lowest BCUT2D eigenvalue weighted by molar-refractivity contribution is -0.0116. The highest BCUT2D eigenvalue weighted by Crippen LogP contribution is 2.32. The fourth-order valence-corrected chi connectivity index (χ4v) is 2.08. The van der Waals surface area contributed by atoms with Crippen molar-refractivity contribution < 1.29 is 8.78 Å². The van der Waals surface area contributed by atoms with E-state index in [1.807, 2.05) is 6.07 Å². The lowest BCUT2D eigenvalue weighted by Crippen LogP contribution is -2.42. The fraction of sp³-hybridized carbons (Fsp3) is 0.417. The zero-order chi connectivity index (χ0) is 12.5. The highest BCUT2D eigenvalue weighted by molar-refractivity contribution is 5.69. The van der Waals surface area contributed by atoms with Gasteiger partial charge in [0.2, 0.25) is 0 Å². The first kappa shape index (κ1) is 11.6. The van der Waals surface area contributed by atoms with Crippen LogP contribution >= 0.6 is 0 Å². The summed E-state index contributed by atoms with van der Waals surface area (Å²) < 4.78 is 26.6. The van der Waals surface area contributed by atoms with Crippen molar-refractivity contribution in [1.29, 1.82) is 5.26 Å². The second kappa shape index (κ2) is 4.21. The summed E-state index contributed by atoms with van der Waals surface area (Å²) >= 11 is 0. The Labute approximate surface area is 98.4 Å². The molecule has 0 radical (unpaired) electrons. The van der Waals surface area contributed by atoms with Crippen molar-refractivity contribution in [3.05, 3.63) is 23.8 Å². The minimum Gasteiger partial charge on any atom is -0.397 e. The SMILES string of the molecule is N#Cc1ccc(N2CCCC(F)(F)C2)c(N)c1. The number of halogens is 2. The summed E-state index contributed by atoms with van der Waals surface area (Å²) in [6.07, 6.45) is 0.381. The number of nitrogens with zero attached hydrogens (tertiary/aromatic N) is 2. The Morgan fingerprint density at radius 3 is 2.76 bits per heavy atom. The Morgan fingerprint density at radius 2 is 2.18 bits per heavy atom. The average Bonchev–Trinajstić information content (AvgIpc) is 2.27. The van der Waals surface area contributed by atoms with Crippen LogP contribution in [0, 0.1) is 11.3 Å². The van der Waals surface area contributed by atoms with Gasteiger partial charge >= 0.3 is 0 Å². The summed E-state index contributed by atoms with van der Waals surface area (Å²) in [6.45, 7) is 0.273. The van der Waals surface area contributed by atoms with Crippen LogP contribution in [-0.4, -0.2) is 19.0 Å². The maximum Gasteiger partial charge on any atom is 0.265 e. The van der Waals surface area contributed by atoms with Gasteiger partial charge in [-0.15, -0.1) is 0 Å². The fourth-order valence-electron chi connectivity index (χ4n) is 2.08. The van der Waals surface area contributed by atoms with Gasteiger partial charge in [0.05, 0.1) is 29.6 Å². The van der Waals surface area contributed by atoms with E-state index >= 15 is 0 Å². The summed E-state index contributed by atoms with van der Waals surface area (Å²) in [5.74, 6) is -2.65. The van der Waals surface area contributed by atoms with Crippen molar-refractivity contribution in [3.63, 3.8) is 0 Å². The summed E-state index contributed by atoms with van der Waals surface area (Å²) in [5.41, 5.74) is 7.18. The van der Waals surface area contributed by atoms with E-state index in [2.05, 4.69) is 0 Å². The standard InChI is InChI=1S/C12H13F2N3/c13-12(14)4-1-5-17(8-12)11-3-2-9(7-15)6-10(11)16/h2-3,6H,1,4-5,8,16H2. The van der Waals surface area contributed by atoms with Gasteiger partial charge in [-0.2, -0.15) is 5.26 Å². The highest BCUT2D eigenvalue weighted by Gasteiger charge is 2.35. The van der Waals surface area contributed by atoms with Gasteiger partial charge in [-0.1, -0.05) is 0 Å². The number of hydrogen-bond acceptors (Lipinski definition) is 3. The van der Waals surface area contributed by atoms with E-state index in [4.69, 9.17) is 11.0 Å². The van der Waals surface area contributed by atoms with Crippen molar-refractivity contribution in [3.8, 4) is 6.07 Å². The molecular formula is C12H13F2N3. The van der Waals surface area contributed by atoms with Crippen molar-refractivity contribution in [2.75, 3.05) is 23.7 Å². The molecule has 0 aromatic heterocycles. The van der Waals surface area contributed by atoms with E-state index in [-0.39, 0.29) is 13.0 Å². The molecule has 1 heterocycles. The Bertz CT molecular complexity index is 465. The number of nitrogen functional groups attached to an aromatic ring is 1. The molecule has 0 aliphatic carbocycles. The van der Waals surface area contributed by atoms with Gasteiger partial charge in [-0.25, -0.2) is 8.78 Å². The first-order valence-corrected chi connectivity index (χ1v) is 5.44. The number of benzene rings is 1. The van der Waals surface area contributed by atoms with E-state index in [0.29, 0.717) is 29.9 Å². The molecule has 0 bridgehead atoms. The van der Waals surface area contributed by atoms with Gasteiger partial charge in [0.25, 0.3) is 5.92 Å². The molecule has 0 atom stereocenters. The molecule has 2 rings (SSSR count). The Morgan fingerprint density at radius 1 is 1.41 bits per heavy atom. The number of rotatable bonds is 1. The molecule has 0 saturated carbocycles. The maximum absolute atomic E-state index is 13.3.